The predicted octanol–water partition coefficient (Wildman–Crippen LogP) is 1.45. The van der Waals surface area contributed by atoms with Gasteiger partial charge in [0.1, 0.15) is 5.82 Å². The summed E-state index contributed by atoms with van der Waals surface area (Å²) in [5.74, 6) is 0.607. The van der Waals surface area contributed by atoms with Crippen LogP contribution in [0, 0.1) is 12.7 Å². The molecule has 0 bridgehead atoms. The van der Waals surface area contributed by atoms with Gasteiger partial charge in [-0.1, -0.05) is 12.1 Å². The summed E-state index contributed by atoms with van der Waals surface area (Å²) >= 11 is 0. The molecule has 1 aliphatic heterocycles. The molecule has 1 aliphatic rings. The van der Waals surface area contributed by atoms with E-state index in [9.17, 15) is 12.8 Å². The molecule has 9 heteroatoms. The van der Waals surface area contributed by atoms with Crippen LogP contribution in [0.1, 0.15) is 17.5 Å². The van der Waals surface area contributed by atoms with Crippen LogP contribution < -0.4 is 10.6 Å². The van der Waals surface area contributed by atoms with Gasteiger partial charge in [0.25, 0.3) is 0 Å². The Balaban J connectivity index is 0.00000288. The fourth-order valence-corrected chi connectivity index (χ4v) is 3.99. The highest BCUT2D eigenvalue weighted by atomic mass is 127. The van der Waals surface area contributed by atoms with Crippen LogP contribution in [0.5, 0.6) is 0 Å². The number of guanidine groups is 1. The summed E-state index contributed by atoms with van der Waals surface area (Å²) in [7, 11) is -1.41. The Bertz CT molecular complexity index is 682. The minimum Gasteiger partial charge on any atom is -0.355 e. The van der Waals surface area contributed by atoms with Gasteiger partial charge in [-0.15, -0.1) is 24.0 Å². The first-order valence-electron chi connectivity index (χ1n) is 7.60. The summed E-state index contributed by atoms with van der Waals surface area (Å²) in [5, 5.41) is 6.22. The zero-order valence-electron chi connectivity index (χ0n) is 13.9. The molecule has 2 N–H and O–H groups in total. The van der Waals surface area contributed by atoms with Gasteiger partial charge in [0.15, 0.2) is 5.96 Å². The van der Waals surface area contributed by atoms with Crippen molar-refractivity contribution in [1.29, 1.82) is 0 Å². The molecule has 1 aromatic rings. The van der Waals surface area contributed by atoms with E-state index in [0.717, 1.165) is 5.56 Å². The van der Waals surface area contributed by atoms with Gasteiger partial charge < -0.3 is 10.6 Å². The maximum Gasteiger partial charge on any atom is 0.214 e. The number of halogens is 2. The first-order valence-corrected chi connectivity index (χ1v) is 9.20. The molecule has 1 saturated heterocycles. The van der Waals surface area contributed by atoms with Gasteiger partial charge in [-0.25, -0.2) is 17.1 Å². The average Bonchev–Trinajstić information content (AvgIpc) is 2.85. The van der Waals surface area contributed by atoms with Crippen LogP contribution in [-0.2, 0) is 16.6 Å². The fourth-order valence-electron chi connectivity index (χ4n) is 2.46. The van der Waals surface area contributed by atoms with E-state index in [1.165, 1.54) is 10.4 Å². The van der Waals surface area contributed by atoms with Crippen molar-refractivity contribution < 1.29 is 12.8 Å². The molecule has 0 atom stereocenters. The zero-order chi connectivity index (χ0) is 16.9. The number of nitrogens with zero attached hydrogens (tertiary/aromatic N) is 2. The molecule has 1 aromatic carbocycles. The molecule has 24 heavy (non-hydrogen) atoms. The molecule has 1 heterocycles. The van der Waals surface area contributed by atoms with Crippen LogP contribution in [0.25, 0.3) is 0 Å². The number of nitrogens with one attached hydrogen (secondary N) is 2. The molecule has 136 valence electrons. The lowest BCUT2D eigenvalue weighted by molar-refractivity contribution is 0.445. The van der Waals surface area contributed by atoms with Crippen molar-refractivity contribution in [3.63, 3.8) is 0 Å². The van der Waals surface area contributed by atoms with Crippen molar-refractivity contribution in [3.05, 3.63) is 35.1 Å². The highest BCUT2D eigenvalue weighted by Crippen LogP contribution is 2.12. The number of hydrogen-bond acceptors (Lipinski definition) is 3. The monoisotopic (exact) mass is 470 g/mol. The topological polar surface area (TPSA) is 73.8 Å². The van der Waals surface area contributed by atoms with Gasteiger partial charge in [0.05, 0.1) is 5.75 Å². The normalized spacial score (nSPS) is 17.4. The molecule has 0 aromatic heterocycles. The lowest BCUT2D eigenvalue weighted by Gasteiger charge is -2.16. The van der Waals surface area contributed by atoms with E-state index in [2.05, 4.69) is 15.6 Å². The summed E-state index contributed by atoms with van der Waals surface area (Å²) in [5.41, 5.74) is 1.56. The molecule has 0 spiro atoms. The second-order valence-corrected chi connectivity index (χ2v) is 7.59. The molecular weight excluding hydrogens is 446 g/mol. The van der Waals surface area contributed by atoms with Gasteiger partial charge in [-0.2, -0.15) is 0 Å². The molecule has 0 radical (unpaired) electrons. The van der Waals surface area contributed by atoms with Crippen LogP contribution in [0.4, 0.5) is 4.39 Å². The molecular formula is C15H24FIN4O2S. The number of rotatable bonds is 5. The highest BCUT2D eigenvalue weighted by Gasteiger charge is 2.27. The van der Waals surface area contributed by atoms with E-state index < -0.39 is 10.0 Å². The van der Waals surface area contributed by atoms with Gasteiger partial charge in [-0.3, -0.25) is 4.99 Å². The second kappa shape index (κ2) is 9.52. The summed E-state index contributed by atoms with van der Waals surface area (Å²) < 4.78 is 38.1. The van der Waals surface area contributed by atoms with Crippen LogP contribution in [0.3, 0.4) is 0 Å². The molecule has 0 amide bonds. The summed E-state index contributed by atoms with van der Waals surface area (Å²) in [6, 6.07) is 4.95. The summed E-state index contributed by atoms with van der Waals surface area (Å²) in [6.07, 6.45) is 0.694. The molecule has 2 rings (SSSR count). The molecule has 0 aliphatic carbocycles. The Morgan fingerprint density at radius 3 is 2.71 bits per heavy atom. The molecule has 0 unspecified atom stereocenters. The Hall–Kier alpha value is -0.940. The van der Waals surface area contributed by atoms with Crippen molar-refractivity contribution in [2.24, 2.45) is 4.99 Å². The van der Waals surface area contributed by atoms with E-state index in [1.54, 1.807) is 26.1 Å². The highest BCUT2D eigenvalue weighted by molar-refractivity contribution is 14.0. The second-order valence-electron chi connectivity index (χ2n) is 5.50. The van der Waals surface area contributed by atoms with Crippen LogP contribution in [0.2, 0.25) is 0 Å². The average molecular weight is 470 g/mol. The van der Waals surface area contributed by atoms with Crippen molar-refractivity contribution in [1.82, 2.24) is 14.9 Å². The van der Waals surface area contributed by atoms with Crippen molar-refractivity contribution in [2.45, 2.75) is 19.9 Å². The standard InChI is InChI=1S/C15H23FN4O2S.HI/c1-12-10-13(4-5-14(12)16)11-19-15(17-2)18-6-8-20-7-3-9-23(20,21)22;/h4-5,10H,3,6-9,11H2,1-2H3,(H2,17,18,19);1H. The third kappa shape index (κ3) is 5.85. The maximum absolute atomic E-state index is 13.2. The quantitative estimate of drug-likeness (QED) is 0.388. The predicted molar refractivity (Wildman–Crippen MR) is 105 cm³/mol. The molecule has 1 fully saturated rings. The van der Waals surface area contributed by atoms with Gasteiger partial charge in [-0.05, 0) is 30.5 Å². The van der Waals surface area contributed by atoms with E-state index in [0.29, 0.717) is 44.1 Å². The van der Waals surface area contributed by atoms with E-state index in [1.807, 2.05) is 0 Å². The van der Waals surface area contributed by atoms with Crippen molar-refractivity contribution in [2.75, 3.05) is 32.4 Å². The van der Waals surface area contributed by atoms with E-state index in [-0.39, 0.29) is 35.5 Å². The fraction of sp³-hybridized carbons (Fsp3) is 0.533. The minimum absolute atomic E-state index is 0. The third-order valence-electron chi connectivity index (χ3n) is 3.76. The van der Waals surface area contributed by atoms with Gasteiger partial charge in [0, 0.05) is 33.2 Å². The van der Waals surface area contributed by atoms with Gasteiger partial charge in [0.2, 0.25) is 10.0 Å². The Morgan fingerprint density at radius 1 is 1.38 bits per heavy atom. The van der Waals surface area contributed by atoms with E-state index in [4.69, 9.17) is 0 Å². The molecule has 0 saturated carbocycles. The zero-order valence-corrected chi connectivity index (χ0v) is 17.0. The van der Waals surface area contributed by atoms with Crippen LogP contribution in [-0.4, -0.2) is 51.1 Å². The Labute approximate surface area is 160 Å². The van der Waals surface area contributed by atoms with Crippen molar-refractivity contribution >= 4 is 40.0 Å². The largest absolute Gasteiger partial charge is 0.355 e. The summed E-state index contributed by atoms with van der Waals surface area (Å²) in [6.45, 7) is 3.75. The van der Waals surface area contributed by atoms with Crippen molar-refractivity contribution in [3.8, 4) is 0 Å². The lowest BCUT2D eigenvalue weighted by atomic mass is 10.1. The van der Waals surface area contributed by atoms with E-state index >= 15 is 0 Å². The minimum atomic E-state index is -3.06. The van der Waals surface area contributed by atoms with Crippen LogP contribution in [0.15, 0.2) is 23.2 Å². The number of hydrogen-bond donors (Lipinski definition) is 2. The first-order chi connectivity index (χ1) is 10.9. The Morgan fingerprint density at radius 2 is 2.12 bits per heavy atom. The SMILES string of the molecule is CN=C(NCCN1CCCS1(=O)=O)NCc1ccc(F)c(C)c1.I. The number of aliphatic imine (C=N–C) groups is 1. The third-order valence-corrected chi connectivity index (χ3v) is 5.72. The smallest absolute Gasteiger partial charge is 0.214 e. The molecule has 6 nitrogen and oxygen atoms in total. The maximum atomic E-state index is 13.2. The number of sulfonamides is 1. The first kappa shape index (κ1) is 21.1. The Kier molecular flexibility index (Phi) is 8.37. The number of aryl methyl sites for hydroxylation is 1. The van der Waals surface area contributed by atoms with Crippen LogP contribution >= 0.6 is 24.0 Å². The summed E-state index contributed by atoms with van der Waals surface area (Å²) in [4.78, 5) is 4.10. The lowest BCUT2D eigenvalue weighted by Crippen LogP contribution is -2.41. The van der Waals surface area contributed by atoms with Gasteiger partial charge >= 0.3 is 0 Å². The number of benzene rings is 1.